The predicted octanol–water partition coefficient (Wildman–Crippen LogP) is 1.84. The van der Waals surface area contributed by atoms with Crippen LogP contribution >= 0.6 is 7.26 Å². The Labute approximate surface area is 209 Å². The van der Waals surface area contributed by atoms with Crippen LogP contribution in [0.4, 0.5) is 0 Å². The molecular formula is C28H33BrNO2P. The van der Waals surface area contributed by atoms with Crippen molar-refractivity contribution in [3.8, 4) is 0 Å². The molecule has 33 heavy (non-hydrogen) atoms. The molecule has 3 aromatic carbocycles. The molecule has 0 aliphatic rings. The molecule has 1 N–H and O–H groups in total. The third kappa shape index (κ3) is 6.85. The Bertz CT molecular complexity index is 921. The summed E-state index contributed by atoms with van der Waals surface area (Å²) in [6, 6.07) is 32.3. The lowest BCUT2D eigenvalue weighted by atomic mass is 9.95. The zero-order valence-corrected chi connectivity index (χ0v) is 22.1. The van der Waals surface area contributed by atoms with E-state index in [4.69, 9.17) is 0 Å². The molecule has 5 heteroatoms. The summed E-state index contributed by atoms with van der Waals surface area (Å²) in [6.07, 6.45) is 2.99. The number of imide groups is 1. The maximum absolute atomic E-state index is 12.3. The first kappa shape index (κ1) is 27.0. The highest BCUT2D eigenvalue weighted by molar-refractivity contribution is 7.95. The summed E-state index contributed by atoms with van der Waals surface area (Å²) in [4.78, 5) is 24.4. The number of amides is 2. The number of halogens is 1. The van der Waals surface area contributed by atoms with E-state index in [0.717, 1.165) is 19.0 Å². The molecule has 0 aromatic heterocycles. The van der Waals surface area contributed by atoms with E-state index < -0.39 is 12.7 Å². The normalized spacial score (nSPS) is 11.4. The van der Waals surface area contributed by atoms with Crippen molar-refractivity contribution in [2.45, 2.75) is 40.0 Å². The summed E-state index contributed by atoms with van der Waals surface area (Å²) >= 11 is 0. The fourth-order valence-electron chi connectivity index (χ4n) is 3.89. The number of hydrogen-bond donors (Lipinski definition) is 1. The third-order valence-corrected chi connectivity index (χ3v) is 10.2. The molecule has 0 fully saturated rings. The molecule has 3 aromatic rings. The van der Waals surface area contributed by atoms with Gasteiger partial charge in [-0.3, -0.25) is 14.9 Å². The van der Waals surface area contributed by atoms with Crippen molar-refractivity contribution in [1.82, 2.24) is 5.32 Å². The molecule has 0 heterocycles. The zero-order valence-electron chi connectivity index (χ0n) is 19.6. The largest absolute Gasteiger partial charge is 1.00 e. The highest BCUT2D eigenvalue weighted by atomic mass is 79.9. The Balaban J connectivity index is 0.00000385. The van der Waals surface area contributed by atoms with Gasteiger partial charge in [-0.15, -0.1) is 0 Å². The molecule has 0 saturated carbocycles. The average Bonchev–Trinajstić information content (AvgIpc) is 2.80. The standard InChI is InChI=1S/C28H32NO2P.BrH/c1-28(2,3)27(31)29-26(30)21-13-14-22-32(23-15-7-4-8-16-23,24-17-9-5-10-18-24)25-19-11-6-12-20-25;/h4-12,15-20H,13-14,21-22H2,1-3H3;1H. The van der Waals surface area contributed by atoms with Gasteiger partial charge in [-0.1, -0.05) is 75.4 Å². The minimum atomic E-state index is -1.87. The van der Waals surface area contributed by atoms with E-state index in [1.165, 1.54) is 15.9 Å². The van der Waals surface area contributed by atoms with Crippen LogP contribution < -0.4 is 38.2 Å². The van der Waals surface area contributed by atoms with E-state index in [2.05, 4.69) is 96.3 Å². The molecule has 174 valence electrons. The number of unbranched alkanes of at least 4 members (excludes halogenated alkanes) is 1. The lowest BCUT2D eigenvalue weighted by molar-refractivity contribution is -0.135. The number of rotatable bonds is 8. The Morgan fingerprint density at radius 1 is 0.697 bits per heavy atom. The fourth-order valence-corrected chi connectivity index (χ4v) is 8.30. The molecule has 0 unspecified atom stereocenters. The number of hydrogen-bond acceptors (Lipinski definition) is 2. The molecule has 0 spiro atoms. The van der Waals surface area contributed by atoms with Crippen LogP contribution in [0.25, 0.3) is 0 Å². The van der Waals surface area contributed by atoms with Gasteiger partial charge in [-0.2, -0.15) is 0 Å². The second-order valence-corrected chi connectivity index (χ2v) is 12.7. The second kappa shape index (κ2) is 12.3. The lowest BCUT2D eigenvalue weighted by Gasteiger charge is -2.27. The minimum absolute atomic E-state index is 0. The van der Waals surface area contributed by atoms with E-state index in [0.29, 0.717) is 6.42 Å². The summed E-state index contributed by atoms with van der Waals surface area (Å²) in [5.41, 5.74) is -0.565. The van der Waals surface area contributed by atoms with Crippen molar-refractivity contribution in [1.29, 1.82) is 0 Å². The van der Waals surface area contributed by atoms with E-state index >= 15 is 0 Å². The molecule has 2 amide bonds. The van der Waals surface area contributed by atoms with Crippen LogP contribution in [-0.2, 0) is 9.59 Å². The zero-order chi connectivity index (χ0) is 23.0. The summed E-state index contributed by atoms with van der Waals surface area (Å²) in [7, 11) is -1.87. The Kier molecular flexibility index (Phi) is 10.0. The van der Waals surface area contributed by atoms with E-state index in [9.17, 15) is 9.59 Å². The lowest BCUT2D eigenvalue weighted by Crippen LogP contribution is -3.00. The van der Waals surface area contributed by atoms with E-state index in [1.54, 1.807) is 0 Å². The Morgan fingerprint density at radius 3 is 1.45 bits per heavy atom. The second-order valence-electron chi connectivity index (χ2n) is 9.12. The van der Waals surface area contributed by atoms with E-state index in [-0.39, 0.29) is 28.8 Å². The van der Waals surface area contributed by atoms with Crippen LogP contribution in [0, 0.1) is 5.41 Å². The molecule has 3 rings (SSSR count). The predicted molar refractivity (Wildman–Crippen MR) is 136 cm³/mol. The van der Waals surface area contributed by atoms with Crippen molar-refractivity contribution in [3.63, 3.8) is 0 Å². The van der Waals surface area contributed by atoms with Crippen LogP contribution in [0.2, 0.25) is 0 Å². The van der Waals surface area contributed by atoms with Crippen LogP contribution in [0.1, 0.15) is 40.0 Å². The van der Waals surface area contributed by atoms with Crippen molar-refractivity contribution in [2.75, 3.05) is 6.16 Å². The van der Waals surface area contributed by atoms with Crippen LogP contribution in [-0.4, -0.2) is 18.0 Å². The molecule has 0 aliphatic carbocycles. The first-order valence-corrected chi connectivity index (χ1v) is 13.2. The minimum Gasteiger partial charge on any atom is -1.00 e. The summed E-state index contributed by atoms with van der Waals surface area (Å²) < 4.78 is 0. The fraction of sp³-hybridized carbons (Fsp3) is 0.286. The average molecular weight is 526 g/mol. The van der Waals surface area contributed by atoms with Gasteiger partial charge in [0.2, 0.25) is 11.8 Å². The van der Waals surface area contributed by atoms with Gasteiger partial charge >= 0.3 is 0 Å². The number of carbonyl (C=O) groups is 2. The van der Waals surface area contributed by atoms with Gasteiger partial charge in [0.25, 0.3) is 0 Å². The van der Waals surface area contributed by atoms with Gasteiger partial charge in [-0.25, -0.2) is 0 Å². The maximum Gasteiger partial charge on any atom is 0.231 e. The van der Waals surface area contributed by atoms with Crippen molar-refractivity contribution >= 4 is 35.0 Å². The maximum atomic E-state index is 12.3. The summed E-state index contributed by atoms with van der Waals surface area (Å²) in [5.74, 6) is -0.407. The quantitative estimate of drug-likeness (QED) is 0.360. The molecule has 0 bridgehead atoms. The topological polar surface area (TPSA) is 46.2 Å². The molecule has 0 aliphatic heterocycles. The monoisotopic (exact) mass is 525 g/mol. The third-order valence-electron chi connectivity index (χ3n) is 5.67. The van der Waals surface area contributed by atoms with Crippen LogP contribution in [0.3, 0.4) is 0 Å². The van der Waals surface area contributed by atoms with Crippen molar-refractivity contribution in [2.24, 2.45) is 5.41 Å². The van der Waals surface area contributed by atoms with Gasteiger partial charge in [0.05, 0.1) is 6.16 Å². The Morgan fingerprint density at radius 2 is 1.09 bits per heavy atom. The summed E-state index contributed by atoms with van der Waals surface area (Å²) in [6.45, 7) is 5.44. The first-order chi connectivity index (χ1) is 15.3. The van der Waals surface area contributed by atoms with Crippen LogP contribution in [0.15, 0.2) is 91.0 Å². The molecule has 0 radical (unpaired) electrons. The highest BCUT2D eigenvalue weighted by Crippen LogP contribution is 2.55. The SMILES string of the molecule is CC(C)(C)C(=O)NC(=O)CCCC[P+](c1ccccc1)(c1ccccc1)c1ccccc1.[Br-]. The van der Waals surface area contributed by atoms with Crippen molar-refractivity contribution < 1.29 is 26.6 Å². The molecule has 0 saturated heterocycles. The number of nitrogens with one attached hydrogen (secondary N) is 1. The smallest absolute Gasteiger partial charge is 0.231 e. The number of benzene rings is 3. The molecule has 3 nitrogen and oxygen atoms in total. The van der Waals surface area contributed by atoms with Crippen LogP contribution in [0.5, 0.6) is 0 Å². The summed E-state index contributed by atoms with van der Waals surface area (Å²) in [5, 5.41) is 6.60. The first-order valence-electron chi connectivity index (χ1n) is 11.2. The van der Waals surface area contributed by atoms with Gasteiger partial charge in [0, 0.05) is 11.8 Å². The number of carbonyl (C=O) groups excluding carboxylic acids is 2. The van der Waals surface area contributed by atoms with Gasteiger partial charge < -0.3 is 17.0 Å². The van der Waals surface area contributed by atoms with Gasteiger partial charge in [-0.05, 0) is 49.2 Å². The van der Waals surface area contributed by atoms with Crippen molar-refractivity contribution in [3.05, 3.63) is 91.0 Å². The van der Waals surface area contributed by atoms with E-state index in [1.807, 2.05) is 20.8 Å². The van der Waals surface area contributed by atoms with Gasteiger partial charge in [0.15, 0.2) is 0 Å². The highest BCUT2D eigenvalue weighted by Gasteiger charge is 2.44. The Hall–Kier alpha value is -2.29. The van der Waals surface area contributed by atoms with Gasteiger partial charge in [0.1, 0.15) is 23.2 Å². The molecule has 0 atom stereocenters. The molecular weight excluding hydrogens is 493 g/mol.